The van der Waals surface area contributed by atoms with Crippen LogP contribution >= 0.6 is 0 Å². The van der Waals surface area contributed by atoms with Gasteiger partial charge in [0.15, 0.2) is 0 Å². The van der Waals surface area contributed by atoms with Crippen LogP contribution in [0, 0.1) is 11.7 Å². The molecule has 6 heteroatoms. The van der Waals surface area contributed by atoms with Crippen LogP contribution in [-0.2, 0) is 6.42 Å². The van der Waals surface area contributed by atoms with Crippen molar-refractivity contribution in [3.8, 4) is 0 Å². The largest absolute Gasteiger partial charge is 0.387 e. The zero-order valence-electron chi connectivity index (χ0n) is 14.3. The Morgan fingerprint density at radius 2 is 1.96 bits per heavy atom. The van der Waals surface area contributed by atoms with Crippen LogP contribution in [0.25, 0.3) is 0 Å². The number of aromatic nitrogens is 2. The summed E-state index contributed by atoms with van der Waals surface area (Å²) < 4.78 is 13.0. The van der Waals surface area contributed by atoms with Gasteiger partial charge in [0.2, 0.25) is 0 Å². The maximum absolute atomic E-state index is 13.0. The molecule has 2 rings (SSSR count). The maximum Gasteiger partial charge on any atom is 0.272 e. The second kappa shape index (κ2) is 8.06. The number of halogens is 1. The van der Waals surface area contributed by atoms with Gasteiger partial charge in [-0.25, -0.2) is 9.37 Å². The number of carbonyl (C=O) groups excluding carboxylic acids is 1. The number of nitrogens with zero attached hydrogens (tertiary/aromatic N) is 2. The first-order chi connectivity index (χ1) is 11.4. The van der Waals surface area contributed by atoms with Gasteiger partial charge in [0.05, 0.1) is 18.8 Å². The smallest absolute Gasteiger partial charge is 0.272 e. The summed E-state index contributed by atoms with van der Waals surface area (Å²) in [5.74, 6) is 0.451. The van der Waals surface area contributed by atoms with Crippen LogP contribution in [0.3, 0.4) is 0 Å². The Morgan fingerprint density at radius 1 is 1.29 bits per heavy atom. The first-order valence-electron chi connectivity index (χ1n) is 8.17. The molecule has 2 N–H and O–H groups in total. The average molecular weight is 333 g/mol. The molecule has 2 aromatic rings. The van der Waals surface area contributed by atoms with Crippen molar-refractivity contribution in [2.24, 2.45) is 5.92 Å². The summed E-state index contributed by atoms with van der Waals surface area (Å²) in [6.07, 6.45) is 1.37. The average Bonchev–Trinajstić information content (AvgIpc) is 3.02. The third kappa shape index (κ3) is 4.64. The molecule has 24 heavy (non-hydrogen) atoms. The molecule has 1 atom stereocenters. The zero-order valence-corrected chi connectivity index (χ0v) is 14.3. The van der Waals surface area contributed by atoms with Crippen molar-refractivity contribution in [1.82, 2.24) is 14.9 Å². The van der Waals surface area contributed by atoms with E-state index < -0.39 is 6.10 Å². The van der Waals surface area contributed by atoms with Crippen LogP contribution in [0.5, 0.6) is 0 Å². The van der Waals surface area contributed by atoms with E-state index in [0.717, 1.165) is 12.2 Å². The zero-order chi connectivity index (χ0) is 17.7. The molecule has 0 saturated heterocycles. The van der Waals surface area contributed by atoms with Gasteiger partial charge >= 0.3 is 0 Å². The second-order valence-electron chi connectivity index (χ2n) is 6.27. The number of carbonyl (C=O) groups is 1. The highest BCUT2D eigenvalue weighted by molar-refractivity contribution is 5.92. The lowest BCUT2D eigenvalue weighted by atomic mass is 10.1. The van der Waals surface area contributed by atoms with Crippen LogP contribution in [-0.4, -0.2) is 39.0 Å². The van der Waals surface area contributed by atoms with Gasteiger partial charge in [0.25, 0.3) is 5.91 Å². The van der Waals surface area contributed by atoms with Gasteiger partial charge in [-0.15, -0.1) is 0 Å². The monoisotopic (exact) mass is 333 g/mol. The molecule has 0 radical (unpaired) electrons. The van der Waals surface area contributed by atoms with Gasteiger partial charge in [-0.2, -0.15) is 0 Å². The molecular formula is C18H24FN3O2. The van der Waals surface area contributed by atoms with Crippen LogP contribution in [0.4, 0.5) is 4.39 Å². The van der Waals surface area contributed by atoms with E-state index in [-0.39, 0.29) is 24.2 Å². The van der Waals surface area contributed by atoms with Crippen molar-refractivity contribution in [3.63, 3.8) is 0 Å². The van der Waals surface area contributed by atoms with E-state index in [0.29, 0.717) is 17.8 Å². The van der Waals surface area contributed by atoms with Gasteiger partial charge in [0, 0.05) is 13.0 Å². The maximum atomic E-state index is 13.0. The van der Waals surface area contributed by atoms with Crippen molar-refractivity contribution in [3.05, 3.63) is 53.4 Å². The quantitative estimate of drug-likeness (QED) is 0.818. The fourth-order valence-corrected chi connectivity index (χ4v) is 2.50. The molecule has 0 fully saturated rings. The second-order valence-corrected chi connectivity index (χ2v) is 6.27. The summed E-state index contributed by atoms with van der Waals surface area (Å²) in [6, 6.07) is 5.66. The van der Waals surface area contributed by atoms with E-state index in [1.54, 1.807) is 4.90 Å². The minimum Gasteiger partial charge on any atom is -0.387 e. The Labute approximate surface area is 141 Å². The molecule has 1 unspecified atom stereocenters. The van der Waals surface area contributed by atoms with Crippen molar-refractivity contribution in [2.45, 2.75) is 33.3 Å². The normalized spacial score (nSPS) is 12.4. The van der Waals surface area contributed by atoms with Crippen LogP contribution in [0.2, 0.25) is 0 Å². The van der Waals surface area contributed by atoms with Gasteiger partial charge in [-0.3, -0.25) is 4.79 Å². The Morgan fingerprint density at radius 3 is 2.50 bits per heavy atom. The number of imidazole rings is 1. The number of hydrogen-bond donors (Lipinski definition) is 2. The summed E-state index contributed by atoms with van der Waals surface area (Å²) >= 11 is 0. The topological polar surface area (TPSA) is 69.2 Å². The molecule has 0 saturated carbocycles. The molecule has 130 valence electrons. The van der Waals surface area contributed by atoms with Crippen molar-refractivity contribution in [1.29, 1.82) is 0 Å². The number of rotatable bonds is 7. The molecule has 1 amide bonds. The van der Waals surface area contributed by atoms with Gasteiger partial charge in [-0.05, 0) is 23.6 Å². The number of aliphatic hydroxyl groups excluding tert-OH is 1. The van der Waals surface area contributed by atoms with Gasteiger partial charge in [0.1, 0.15) is 17.3 Å². The lowest BCUT2D eigenvalue weighted by Gasteiger charge is -2.26. The summed E-state index contributed by atoms with van der Waals surface area (Å²) in [6.45, 7) is 6.63. The number of amides is 1. The molecule has 1 aromatic carbocycles. The van der Waals surface area contributed by atoms with Gasteiger partial charge < -0.3 is 15.0 Å². The Balaban J connectivity index is 2.15. The molecule has 0 aliphatic rings. The highest BCUT2D eigenvalue weighted by atomic mass is 19.1. The first kappa shape index (κ1) is 18.1. The van der Waals surface area contributed by atoms with Crippen LogP contribution < -0.4 is 0 Å². The molecule has 5 nitrogen and oxygen atoms in total. The third-order valence-electron chi connectivity index (χ3n) is 3.71. The molecular weight excluding hydrogens is 309 g/mol. The van der Waals surface area contributed by atoms with E-state index in [1.807, 2.05) is 20.8 Å². The standard InChI is InChI=1S/C18H24FN3O2/c1-4-17-20-9-15(21-17)18(24)22(10-12(2)3)11-16(23)13-5-7-14(19)8-6-13/h5-9,12,16,23H,4,10-11H2,1-3H3,(H,20,21). The van der Waals surface area contributed by atoms with E-state index in [9.17, 15) is 14.3 Å². The molecule has 1 aromatic heterocycles. The predicted octanol–water partition coefficient (Wildman–Crippen LogP) is 2.94. The fraction of sp³-hybridized carbons (Fsp3) is 0.444. The molecule has 1 heterocycles. The Hall–Kier alpha value is -2.21. The molecule has 0 bridgehead atoms. The van der Waals surface area contributed by atoms with Crippen LogP contribution in [0.15, 0.2) is 30.5 Å². The number of benzene rings is 1. The number of aryl methyl sites for hydroxylation is 1. The summed E-state index contributed by atoms with van der Waals surface area (Å²) in [7, 11) is 0. The summed E-state index contributed by atoms with van der Waals surface area (Å²) in [5.41, 5.74) is 0.996. The number of aromatic amines is 1. The number of aliphatic hydroxyl groups is 1. The number of nitrogens with one attached hydrogen (secondary N) is 1. The van der Waals surface area contributed by atoms with E-state index in [2.05, 4.69) is 9.97 Å². The van der Waals surface area contributed by atoms with Crippen molar-refractivity contribution in [2.75, 3.05) is 13.1 Å². The Kier molecular flexibility index (Phi) is 6.09. The lowest BCUT2D eigenvalue weighted by molar-refractivity contribution is 0.0589. The predicted molar refractivity (Wildman–Crippen MR) is 90.1 cm³/mol. The highest BCUT2D eigenvalue weighted by Gasteiger charge is 2.22. The number of hydrogen-bond acceptors (Lipinski definition) is 3. The van der Waals surface area contributed by atoms with E-state index in [1.165, 1.54) is 30.5 Å². The first-order valence-corrected chi connectivity index (χ1v) is 8.17. The Bertz CT molecular complexity index is 667. The summed E-state index contributed by atoms with van der Waals surface area (Å²) in [5, 5.41) is 10.4. The van der Waals surface area contributed by atoms with E-state index in [4.69, 9.17) is 0 Å². The minimum absolute atomic E-state index is 0.142. The molecule has 0 aliphatic heterocycles. The van der Waals surface area contributed by atoms with Crippen molar-refractivity contribution < 1.29 is 14.3 Å². The van der Waals surface area contributed by atoms with Gasteiger partial charge in [-0.1, -0.05) is 32.9 Å². The minimum atomic E-state index is -0.873. The number of H-pyrrole nitrogens is 1. The molecule has 0 aliphatic carbocycles. The fourth-order valence-electron chi connectivity index (χ4n) is 2.50. The highest BCUT2D eigenvalue weighted by Crippen LogP contribution is 2.17. The SMILES string of the molecule is CCc1ncc(C(=O)N(CC(C)C)CC(O)c2ccc(F)cc2)[nH]1. The summed E-state index contributed by atoms with van der Waals surface area (Å²) in [4.78, 5) is 21.5. The molecule has 0 spiro atoms. The van der Waals surface area contributed by atoms with Crippen molar-refractivity contribution >= 4 is 5.91 Å². The third-order valence-corrected chi connectivity index (χ3v) is 3.71. The van der Waals surface area contributed by atoms with E-state index >= 15 is 0 Å². The van der Waals surface area contributed by atoms with Crippen LogP contribution in [0.1, 0.15) is 48.8 Å². The lowest BCUT2D eigenvalue weighted by Crippen LogP contribution is -2.37.